The fourth-order valence-corrected chi connectivity index (χ4v) is 2.25. The lowest BCUT2D eigenvalue weighted by atomic mass is 10.4. The second kappa shape index (κ2) is 7.10. The van der Waals surface area contributed by atoms with Gasteiger partial charge in [-0.15, -0.1) is 6.58 Å². The predicted octanol–water partition coefficient (Wildman–Crippen LogP) is 1.73. The molecule has 0 saturated heterocycles. The minimum Gasteiger partial charge on any atom is -0.464 e. The fourth-order valence-electron chi connectivity index (χ4n) is 1.60. The number of carbonyl (C=O) groups is 1. The number of methoxy groups -OCH3 is 1. The van der Waals surface area contributed by atoms with E-state index in [9.17, 15) is 4.79 Å². The molecule has 0 radical (unpaired) electrons. The Morgan fingerprint density at radius 1 is 1.67 bits per heavy atom. The van der Waals surface area contributed by atoms with E-state index in [2.05, 4.69) is 16.3 Å². The van der Waals surface area contributed by atoms with Gasteiger partial charge in [-0.05, 0) is 0 Å². The number of ether oxygens (including phenoxy) is 1. The molecule has 0 amide bonds. The van der Waals surface area contributed by atoms with Gasteiger partial charge in [-0.1, -0.05) is 13.0 Å². The lowest BCUT2D eigenvalue weighted by molar-refractivity contribution is 0.0595. The average Bonchev–Trinajstić information content (AvgIpc) is 2.71. The summed E-state index contributed by atoms with van der Waals surface area (Å²) in [7, 11) is 1.33. The number of aryl methyl sites for hydroxylation is 1. The van der Waals surface area contributed by atoms with Gasteiger partial charge >= 0.3 is 5.97 Å². The Bertz CT molecular complexity index is 429. The molecule has 0 aliphatic carbocycles. The average molecular weight is 269 g/mol. The Labute approximate surface area is 111 Å². The molecule has 0 unspecified atom stereocenters. The summed E-state index contributed by atoms with van der Waals surface area (Å²) in [5.74, 6) is 2.52. The molecule has 1 aromatic rings. The molecule has 1 rings (SSSR count). The largest absolute Gasteiger partial charge is 0.464 e. The number of anilines is 1. The summed E-state index contributed by atoms with van der Waals surface area (Å²) in [4.78, 5) is 15.7. The van der Waals surface area contributed by atoms with E-state index >= 15 is 0 Å². The molecular formula is C12H19N3O2S. The Hall–Kier alpha value is -1.43. The van der Waals surface area contributed by atoms with Crippen LogP contribution in [0, 0.1) is 0 Å². The van der Waals surface area contributed by atoms with Crippen LogP contribution in [0.3, 0.4) is 0 Å². The molecule has 1 aromatic heterocycles. The number of hydrogen-bond donors (Lipinski definition) is 1. The summed E-state index contributed by atoms with van der Waals surface area (Å²) >= 11 is 1.76. The number of esters is 1. The van der Waals surface area contributed by atoms with Gasteiger partial charge < -0.3 is 15.0 Å². The third-order valence-corrected chi connectivity index (χ3v) is 3.42. The van der Waals surface area contributed by atoms with Crippen molar-refractivity contribution in [2.75, 3.05) is 24.3 Å². The first-order valence-electron chi connectivity index (χ1n) is 5.77. The second-order valence-corrected chi connectivity index (χ2v) is 4.77. The van der Waals surface area contributed by atoms with Gasteiger partial charge in [0.15, 0.2) is 5.69 Å². The molecule has 0 aromatic carbocycles. The lowest BCUT2D eigenvalue weighted by Crippen LogP contribution is -2.10. The number of rotatable bonds is 7. The van der Waals surface area contributed by atoms with Crippen molar-refractivity contribution in [2.45, 2.75) is 19.9 Å². The van der Waals surface area contributed by atoms with Crippen molar-refractivity contribution in [3.63, 3.8) is 0 Å². The van der Waals surface area contributed by atoms with Crippen molar-refractivity contribution < 1.29 is 9.53 Å². The third kappa shape index (κ3) is 3.29. The van der Waals surface area contributed by atoms with Crippen molar-refractivity contribution in [1.29, 1.82) is 0 Å². The van der Waals surface area contributed by atoms with Crippen LogP contribution in [0.15, 0.2) is 12.7 Å². The first-order valence-corrected chi connectivity index (χ1v) is 6.93. The van der Waals surface area contributed by atoms with E-state index in [-0.39, 0.29) is 5.69 Å². The first-order chi connectivity index (χ1) is 8.65. The molecule has 1 heterocycles. The van der Waals surface area contributed by atoms with Crippen LogP contribution >= 0.6 is 11.8 Å². The zero-order chi connectivity index (χ0) is 13.5. The Balaban J connectivity index is 2.85. The number of carbonyl (C=O) groups excluding carboxylic acids is 1. The predicted molar refractivity (Wildman–Crippen MR) is 74.9 cm³/mol. The van der Waals surface area contributed by atoms with Gasteiger partial charge in [-0.3, -0.25) is 0 Å². The van der Waals surface area contributed by atoms with Crippen LogP contribution in [-0.4, -0.2) is 34.1 Å². The van der Waals surface area contributed by atoms with Crippen LogP contribution in [0.25, 0.3) is 0 Å². The zero-order valence-corrected chi connectivity index (χ0v) is 11.6. The summed E-state index contributed by atoms with van der Waals surface area (Å²) in [6.45, 7) is 6.39. The Morgan fingerprint density at radius 2 is 2.39 bits per heavy atom. The van der Waals surface area contributed by atoms with Crippen LogP contribution in [0.1, 0.15) is 23.2 Å². The van der Waals surface area contributed by atoms with Crippen molar-refractivity contribution in [3.8, 4) is 0 Å². The highest BCUT2D eigenvalue weighted by Crippen LogP contribution is 2.17. The van der Waals surface area contributed by atoms with Gasteiger partial charge in [-0.25, -0.2) is 9.78 Å². The molecule has 2 N–H and O–H groups in total. The zero-order valence-electron chi connectivity index (χ0n) is 10.8. The minimum absolute atomic E-state index is 0.211. The lowest BCUT2D eigenvalue weighted by Gasteiger charge is -2.07. The van der Waals surface area contributed by atoms with E-state index in [4.69, 9.17) is 5.73 Å². The fraction of sp³-hybridized carbons (Fsp3) is 0.500. The summed E-state index contributed by atoms with van der Waals surface area (Å²) in [5, 5.41) is 0. The van der Waals surface area contributed by atoms with Gasteiger partial charge in [0.25, 0.3) is 0 Å². The maximum Gasteiger partial charge on any atom is 0.360 e. The molecule has 0 bridgehead atoms. The van der Waals surface area contributed by atoms with Crippen LogP contribution in [0.5, 0.6) is 0 Å². The van der Waals surface area contributed by atoms with Crippen molar-refractivity contribution in [1.82, 2.24) is 9.55 Å². The number of aromatic nitrogens is 2. The van der Waals surface area contributed by atoms with Crippen molar-refractivity contribution in [2.24, 2.45) is 0 Å². The second-order valence-electron chi connectivity index (χ2n) is 3.62. The van der Waals surface area contributed by atoms with E-state index in [1.165, 1.54) is 7.11 Å². The van der Waals surface area contributed by atoms with Gasteiger partial charge in [0.1, 0.15) is 11.6 Å². The van der Waals surface area contributed by atoms with E-state index in [1.54, 1.807) is 11.8 Å². The normalized spacial score (nSPS) is 10.3. The molecule has 0 fully saturated rings. The molecule has 100 valence electrons. The Morgan fingerprint density at radius 3 is 2.94 bits per heavy atom. The maximum atomic E-state index is 11.5. The number of nitrogens with two attached hydrogens (primary N) is 1. The van der Waals surface area contributed by atoms with E-state index in [0.29, 0.717) is 5.82 Å². The highest BCUT2D eigenvalue weighted by atomic mass is 32.2. The van der Waals surface area contributed by atoms with Gasteiger partial charge in [-0.2, -0.15) is 11.8 Å². The number of nitrogens with zero attached hydrogens (tertiary/aromatic N) is 2. The van der Waals surface area contributed by atoms with Gasteiger partial charge in [0, 0.05) is 24.5 Å². The maximum absolute atomic E-state index is 11.5. The summed E-state index contributed by atoms with van der Waals surface area (Å²) in [5.41, 5.74) is 6.15. The molecule has 6 heteroatoms. The van der Waals surface area contributed by atoms with Crippen LogP contribution < -0.4 is 5.73 Å². The van der Waals surface area contributed by atoms with E-state index in [1.807, 2.05) is 17.6 Å². The number of hydrogen-bond acceptors (Lipinski definition) is 5. The molecule has 18 heavy (non-hydrogen) atoms. The monoisotopic (exact) mass is 269 g/mol. The van der Waals surface area contributed by atoms with Crippen LogP contribution in [0.2, 0.25) is 0 Å². The van der Waals surface area contributed by atoms with Crippen LogP contribution in [0.4, 0.5) is 5.82 Å². The quantitative estimate of drug-likeness (QED) is 0.464. The topological polar surface area (TPSA) is 70.1 Å². The van der Waals surface area contributed by atoms with E-state index in [0.717, 1.165) is 30.3 Å². The van der Waals surface area contributed by atoms with Gasteiger partial charge in [0.2, 0.25) is 0 Å². The summed E-state index contributed by atoms with van der Waals surface area (Å²) in [6.07, 6.45) is 2.59. The first kappa shape index (κ1) is 14.6. The molecule has 0 aliphatic rings. The molecular weight excluding hydrogens is 250 g/mol. The summed E-state index contributed by atoms with van der Waals surface area (Å²) < 4.78 is 6.54. The third-order valence-electron chi connectivity index (χ3n) is 2.48. The van der Waals surface area contributed by atoms with Crippen molar-refractivity contribution >= 4 is 23.5 Å². The van der Waals surface area contributed by atoms with Crippen molar-refractivity contribution in [3.05, 3.63) is 24.2 Å². The minimum atomic E-state index is -0.486. The molecule has 5 nitrogen and oxygen atoms in total. The highest BCUT2D eigenvalue weighted by molar-refractivity contribution is 7.99. The number of nitrogen functional groups attached to an aromatic ring is 1. The smallest absolute Gasteiger partial charge is 0.360 e. The molecule has 0 aliphatic heterocycles. The molecule has 0 atom stereocenters. The molecule has 0 spiro atoms. The SMILES string of the molecule is C=CCSCCn1c(CC)nc(C(=O)OC)c1N. The van der Waals surface area contributed by atoms with Crippen LogP contribution in [-0.2, 0) is 17.7 Å². The summed E-state index contributed by atoms with van der Waals surface area (Å²) in [6, 6.07) is 0. The standard InChI is InChI=1S/C12H19N3O2S/c1-4-7-18-8-6-15-9(5-2)14-10(11(15)13)12(16)17-3/h4H,1,5-8,13H2,2-3H3. The van der Waals surface area contributed by atoms with E-state index < -0.39 is 5.97 Å². The number of imidazole rings is 1. The highest BCUT2D eigenvalue weighted by Gasteiger charge is 2.19. The molecule has 0 saturated carbocycles. The van der Waals surface area contributed by atoms with Gasteiger partial charge in [0.05, 0.1) is 7.11 Å². The number of thioether (sulfide) groups is 1. The Kier molecular flexibility index (Phi) is 5.77.